The summed E-state index contributed by atoms with van der Waals surface area (Å²) in [4.78, 5) is 25.3. The van der Waals surface area contributed by atoms with Gasteiger partial charge in [-0.05, 0) is 18.9 Å². The van der Waals surface area contributed by atoms with Gasteiger partial charge in [-0.25, -0.2) is 0 Å². The van der Waals surface area contributed by atoms with E-state index in [0.717, 1.165) is 18.5 Å². The van der Waals surface area contributed by atoms with Crippen molar-refractivity contribution in [2.24, 2.45) is 5.92 Å². The molecule has 0 aliphatic heterocycles. The van der Waals surface area contributed by atoms with Crippen LogP contribution < -0.4 is 5.56 Å². The summed E-state index contributed by atoms with van der Waals surface area (Å²) in [5.74, 6) is 0.246. The van der Waals surface area contributed by atoms with E-state index in [9.17, 15) is 9.59 Å². The maximum Gasteiger partial charge on any atom is 0.248 e. The molecule has 1 aromatic rings. The highest BCUT2D eigenvalue weighted by atomic mass is 16.1. The highest BCUT2D eigenvalue weighted by Gasteiger charge is 2.23. The SMILES string of the molecule is CC1CCc2[nH]c(=O)ccc2C1=O. The number of H-pyrrole nitrogens is 1. The number of rotatable bonds is 0. The number of aromatic nitrogens is 1. The van der Waals surface area contributed by atoms with Gasteiger partial charge in [-0.15, -0.1) is 0 Å². The van der Waals surface area contributed by atoms with Crippen molar-refractivity contribution in [1.29, 1.82) is 0 Å². The molecule has 1 heterocycles. The highest BCUT2D eigenvalue weighted by molar-refractivity contribution is 5.99. The Labute approximate surface area is 75.8 Å². The van der Waals surface area contributed by atoms with Crippen LogP contribution in [0, 0.1) is 5.92 Å². The number of ketones is 1. The van der Waals surface area contributed by atoms with E-state index in [2.05, 4.69) is 4.98 Å². The number of carbonyl (C=O) groups excluding carboxylic acids is 1. The van der Waals surface area contributed by atoms with Crippen molar-refractivity contribution in [3.05, 3.63) is 33.7 Å². The Morgan fingerprint density at radius 2 is 2.15 bits per heavy atom. The van der Waals surface area contributed by atoms with Crippen LogP contribution in [0.25, 0.3) is 0 Å². The maximum atomic E-state index is 11.6. The molecule has 3 nitrogen and oxygen atoms in total. The first-order valence-corrected chi connectivity index (χ1v) is 4.45. The monoisotopic (exact) mass is 177 g/mol. The van der Waals surface area contributed by atoms with Crippen LogP contribution in [0.1, 0.15) is 29.4 Å². The topological polar surface area (TPSA) is 49.9 Å². The molecule has 1 aromatic heterocycles. The molecule has 1 atom stereocenters. The predicted octanol–water partition coefficient (Wildman–Crippen LogP) is 1.14. The zero-order chi connectivity index (χ0) is 9.42. The lowest BCUT2D eigenvalue weighted by Gasteiger charge is -2.18. The van der Waals surface area contributed by atoms with Gasteiger partial charge >= 0.3 is 0 Å². The maximum absolute atomic E-state index is 11.6. The first-order valence-electron chi connectivity index (χ1n) is 4.45. The Hall–Kier alpha value is -1.38. The molecule has 0 amide bonds. The summed E-state index contributed by atoms with van der Waals surface area (Å²) in [5.41, 5.74) is 1.37. The fourth-order valence-electron chi connectivity index (χ4n) is 1.70. The predicted molar refractivity (Wildman–Crippen MR) is 48.9 cm³/mol. The van der Waals surface area contributed by atoms with Crippen LogP contribution in [0.15, 0.2) is 16.9 Å². The third-order valence-corrected chi connectivity index (χ3v) is 2.54. The number of hydrogen-bond acceptors (Lipinski definition) is 2. The zero-order valence-corrected chi connectivity index (χ0v) is 7.46. The Morgan fingerprint density at radius 1 is 1.38 bits per heavy atom. The van der Waals surface area contributed by atoms with Gasteiger partial charge in [0.15, 0.2) is 5.78 Å². The van der Waals surface area contributed by atoms with Crippen LogP contribution in [0.4, 0.5) is 0 Å². The molecule has 1 unspecified atom stereocenters. The molecular weight excluding hydrogens is 166 g/mol. The summed E-state index contributed by atoms with van der Waals surface area (Å²) >= 11 is 0. The van der Waals surface area contributed by atoms with Gasteiger partial charge in [0.25, 0.3) is 0 Å². The van der Waals surface area contributed by atoms with Gasteiger partial charge in [-0.2, -0.15) is 0 Å². The lowest BCUT2D eigenvalue weighted by atomic mass is 9.87. The van der Waals surface area contributed by atoms with Crippen molar-refractivity contribution in [3.8, 4) is 0 Å². The summed E-state index contributed by atoms with van der Waals surface area (Å²) in [6.07, 6.45) is 1.64. The van der Waals surface area contributed by atoms with E-state index in [4.69, 9.17) is 0 Å². The smallest absolute Gasteiger partial charge is 0.248 e. The summed E-state index contributed by atoms with van der Waals surface area (Å²) in [6.45, 7) is 1.93. The van der Waals surface area contributed by atoms with E-state index in [1.807, 2.05) is 6.92 Å². The van der Waals surface area contributed by atoms with Crippen molar-refractivity contribution >= 4 is 5.78 Å². The number of aryl methyl sites for hydroxylation is 1. The molecule has 68 valence electrons. The minimum atomic E-state index is -0.124. The molecule has 0 aromatic carbocycles. The van der Waals surface area contributed by atoms with E-state index in [1.54, 1.807) is 6.07 Å². The molecule has 0 radical (unpaired) electrons. The minimum absolute atomic E-state index is 0.0957. The van der Waals surface area contributed by atoms with Crippen LogP contribution in [-0.4, -0.2) is 10.8 Å². The Morgan fingerprint density at radius 3 is 2.92 bits per heavy atom. The van der Waals surface area contributed by atoms with E-state index in [1.165, 1.54) is 6.07 Å². The molecule has 1 N–H and O–H groups in total. The first-order chi connectivity index (χ1) is 6.18. The number of pyridine rings is 1. The summed E-state index contributed by atoms with van der Waals surface area (Å²) < 4.78 is 0. The largest absolute Gasteiger partial charge is 0.325 e. The lowest BCUT2D eigenvalue weighted by molar-refractivity contribution is 0.0912. The summed E-state index contributed by atoms with van der Waals surface area (Å²) in [6, 6.07) is 3.04. The molecule has 1 aliphatic carbocycles. The van der Waals surface area contributed by atoms with E-state index in [0.29, 0.717) is 5.56 Å². The lowest BCUT2D eigenvalue weighted by Crippen LogP contribution is -2.23. The Bertz CT molecular complexity index is 406. The first kappa shape index (κ1) is 8.23. The fourth-order valence-corrected chi connectivity index (χ4v) is 1.70. The standard InChI is InChI=1S/C10H11NO2/c1-6-2-4-8-7(10(6)13)3-5-9(12)11-8/h3,5-6H,2,4H2,1H3,(H,11,12). The van der Waals surface area contributed by atoms with Crippen molar-refractivity contribution in [3.63, 3.8) is 0 Å². The Balaban J connectivity index is 2.56. The molecule has 0 saturated carbocycles. The third-order valence-electron chi connectivity index (χ3n) is 2.54. The van der Waals surface area contributed by atoms with Gasteiger partial charge in [0.2, 0.25) is 5.56 Å². The molecule has 0 fully saturated rings. The van der Waals surface area contributed by atoms with Crippen molar-refractivity contribution in [2.75, 3.05) is 0 Å². The number of aromatic amines is 1. The minimum Gasteiger partial charge on any atom is -0.325 e. The number of hydrogen-bond donors (Lipinski definition) is 1. The van der Waals surface area contributed by atoms with Crippen LogP contribution in [0.3, 0.4) is 0 Å². The second kappa shape index (κ2) is 2.83. The summed E-state index contributed by atoms with van der Waals surface area (Å²) in [5, 5.41) is 0. The molecule has 0 saturated heterocycles. The van der Waals surface area contributed by atoms with Gasteiger partial charge in [0.1, 0.15) is 0 Å². The van der Waals surface area contributed by atoms with Crippen molar-refractivity contribution in [2.45, 2.75) is 19.8 Å². The van der Waals surface area contributed by atoms with Gasteiger partial charge < -0.3 is 4.98 Å². The summed E-state index contributed by atoms with van der Waals surface area (Å²) in [7, 11) is 0. The molecular formula is C10H11NO2. The second-order valence-electron chi connectivity index (χ2n) is 3.52. The fraction of sp³-hybridized carbons (Fsp3) is 0.400. The van der Waals surface area contributed by atoms with Gasteiger partial charge in [0, 0.05) is 23.2 Å². The van der Waals surface area contributed by atoms with Crippen LogP contribution in [0.2, 0.25) is 0 Å². The Kier molecular flexibility index (Phi) is 1.79. The number of nitrogens with one attached hydrogen (secondary N) is 1. The normalized spacial score (nSPS) is 21.3. The van der Waals surface area contributed by atoms with Crippen molar-refractivity contribution < 1.29 is 4.79 Å². The average molecular weight is 177 g/mol. The average Bonchev–Trinajstić information content (AvgIpc) is 2.12. The van der Waals surface area contributed by atoms with Crippen molar-refractivity contribution in [1.82, 2.24) is 4.98 Å². The number of fused-ring (bicyclic) bond motifs is 1. The number of Topliss-reactive ketones (excluding diaryl/α,β-unsaturated/α-hetero) is 1. The van der Waals surface area contributed by atoms with Crippen LogP contribution >= 0.6 is 0 Å². The van der Waals surface area contributed by atoms with Gasteiger partial charge in [-0.1, -0.05) is 6.92 Å². The van der Waals surface area contributed by atoms with E-state index < -0.39 is 0 Å². The molecule has 13 heavy (non-hydrogen) atoms. The molecule has 3 heteroatoms. The van der Waals surface area contributed by atoms with E-state index >= 15 is 0 Å². The number of carbonyl (C=O) groups is 1. The second-order valence-corrected chi connectivity index (χ2v) is 3.52. The third kappa shape index (κ3) is 1.30. The zero-order valence-electron chi connectivity index (χ0n) is 7.46. The highest BCUT2D eigenvalue weighted by Crippen LogP contribution is 2.22. The van der Waals surface area contributed by atoms with Crippen LogP contribution in [-0.2, 0) is 6.42 Å². The van der Waals surface area contributed by atoms with Gasteiger partial charge in [0.05, 0.1) is 0 Å². The van der Waals surface area contributed by atoms with Gasteiger partial charge in [-0.3, -0.25) is 9.59 Å². The molecule has 2 rings (SSSR count). The quantitative estimate of drug-likeness (QED) is 0.646. The molecule has 0 bridgehead atoms. The van der Waals surface area contributed by atoms with E-state index in [-0.39, 0.29) is 17.3 Å². The molecule has 0 spiro atoms. The van der Waals surface area contributed by atoms with Crippen LogP contribution in [0.5, 0.6) is 0 Å². The molecule has 1 aliphatic rings.